The number of hydrogen-bond donors (Lipinski definition) is 1. The SMILES string of the molecule is O=[N+]([O-])c1ccncc1OCCCNc1nc(Cl)ncc1Br. The van der Waals surface area contributed by atoms with Gasteiger partial charge in [0, 0.05) is 25.0 Å². The second-order valence-corrected chi connectivity index (χ2v) is 5.26. The predicted octanol–water partition coefficient (Wildman–Crippen LogP) is 3.08. The third-order valence-corrected chi connectivity index (χ3v) is 3.31. The van der Waals surface area contributed by atoms with Crippen LogP contribution in [0.25, 0.3) is 0 Å². The van der Waals surface area contributed by atoms with Crippen LogP contribution in [0, 0.1) is 10.1 Å². The van der Waals surface area contributed by atoms with E-state index in [1.807, 2.05) is 0 Å². The number of halogens is 2. The van der Waals surface area contributed by atoms with Gasteiger partial charge in [-0.05, 0) is 34.0 Å². The Morgan fingerprint density at radius 2 is 2.27 bits per heavy atom. The minimum atomic E-state index is -0.505. The van der Waals surface area contributed by atoms with Gasteiger partial charge in [-0.2, -0.15) is 4.98 Å². The van der Waals surface area contributed by atoms with Crippen LogP contribution in [0.2, 0.25) is 5.28 Å². The van der Waals surface area contributed by atoms with Crippen molar-refractivity contribution in [3.63, 3.8) is 0 Å². The summed E-state index contributed by atoms with van der Waals surface area (Å²) in [6.07, 6.45) is 4.84. The summed E-state index contributed by atoms with van der Waals surface area (Å²) >= 11 is 9.01. The van der Waals surface area contributed by atoms with Gasteiger partial charge in [-0.15, -0.1) is 0 Å². The molecule has 0 spiro atoms. The molecular weight excluding hydrogens is 378 g/mol. The molecule has 22 heavy (non-hydrogen) atoms. The number of pyridine rings is 1. The molecule has 0 aromatic carbocycles. The van der Waals surface area contributed by atoms with E-state index in [0.29, 0.717) is 29.9 Å². The Morgan fingerprint density at radius 3 is 3.05 bits per heavy atom. The molecule has 0 radical (unpaired) electrons. The molecular formula is C12H11BrClN5O3. The number of nitro groups is 1. The molecule has 0 saturated heterocycles. The second-order valence-electron chi connectivity index (χ2n) is 4.06. The largest absolute Gasteiger partial charge is 0.486 e. The first kappa shape index (κ1) is 16.4. The third-order valence-electron chi connectivity index (χ3n) is 2.55. The maximum absolute atomic E-state index is 10.8. The fourth-order valence-corrected chi connectivity index (χ4v) is 2.03. The molecule has 116 valence electrons. The maximum atomic E-state index is 10.8. The molecule has 2 heterocycles. The quantitative estimate of drug-likeness (QED) is 0.336. The molecule has 0 aliphatic heterocycles. The van der Waals surface area contributed by atoms with Crippen molar-refractivity contribution in [3.8, 4) is 5.75 Å². The number of nitrogens with one attached hydrogen (secondary N) is 1. The van der Waals surface area contributed by atoms with E-state index in [9.17, 15) is 10.1 Å². The van der Waals surface area contributed by atoms with Crippen molar-refractivity contribution in [2.75, 3.05) is 18.5 Å². The van der Waals surface area contributed by atoms with Crippen LogP contribution in [-0.4, -0.2) is 33.0 Å². The zero-order valence-corrected chi connectivity index (χ0v) is 13.5. The van der Waals surface area contributed by atoms with Gasteiger partial charge in [0.25, 0.3) is 0 Å². The van der Waals surface area contributed by atoms with Gasteiger partial charge in [0.15, 0.2) is 0 Å². The highest BCUT2D eigenvalue weighted by Crippen LogP contribution is 2.24. The van der Waals surface area contributed by atoms with Crippen LogP contribution in [0.15, 0.2) is 29.1 Å². The molecule has 0 aliphatic rings. The molecule has 1 N–H and O–H groups in total. The van der Waals surface area contributed by atoms with E-state index in [1.54, 1.807) is 6.20 Å². The van der Waals surface area contributed by atoms with E-state index >= 15 is 0 Å². The molecule has 0 bridgehead atoms. The monoisotopic (exact) mass is 387 g/mol. The summed E-state index contributed by atoms with van der Waals surface area (Å²) < 4.78 is 6.07. The Labute approximate surface area is 139 Å². The fraction of sp³-hybridized carbons (Fsp3) is 0.250. The van der Waals surface area contributed by atoms with Crippen LogP contribution < -0.4 is 10.1 Å². The summed E-state index contributed by atoms with van der Waals surface area (Å²) in [7, 11) is 0. The molecule has 0 saturated carbocycles. The van der Waals surface area contributed by atoms with Gasteiger partial charge < -0.3 is 10.1 Å². The number of hydrogen-bond acceptors (Lipinski definition) is 7. The molecule has 0 aliphatic carbocycles. The Balaban J connectivity index is 1.81. The zero-order chi connectivity index (χ0) is 15.9. The molecule has 2 rings (SSSR count). The standard InChI is InChI=1S/C12H11BrClN5O3/c13-8-6-17-12(14)18-11(8)16-3-1-5-22-10-7-15-4-2-9(10)19(20)21/h2,4,6-7H,1,3,5H2,(H,16,17,18). The lowest BCUT2D eigenvalue weighted by Crippen LogP contribution is -2.09. The summed E-state index contributed by atoms with van der Waals surface area (Å²) in [5, 5.41) is 14.0. The summed E-state index contributed by atoms with van der Waals surface area (Å²) in [4.78, 5) is 22.0. The lowest BCUT2D eigenvalue weighted by molar-refractivity contribution is -0.386. The number of anilines is 1. The normalized spacial score (nSPS) is 10.3. The molecule has 10 heteroatoms. The van der Waals surface area contributed by atoms with Crippen molar-refractivity contribution in [2.24, 2.45) is 0 Å². The van der Waals surface area contributed by atoms with Crippen molar-refractivity contribution in [2.45, 2.75) is 6.42 Å². The van der Waals surface area contributed by atoms with Crippen LogP contribution in [0.4, 0.5) is 11.5 Å². The molecule has 8 nitrogen and oxygen atoms in total. The second kappa shape index (κ2) is 7.85. The smallest absolute Gasteiger partial charge is 0.314 e. The van der Waals surface area contributed by atoms with Crippen LogP contribution in [0.1, 0.15) is 6.42 Å². The molecule has 0 unspecified atom stereocenters. The highest BCUT2D eigenvalue weighted by molar-refractivity contribution is 9.10. The van der Waals surface area contributed by atoms with E-state index in [4.69, 9.17) is 16.3 Å². The number of rotatable bonds is 7. The molecule has 0 amide bonds. The Bertz CT molecular complexity index is 673. The molecule has 0 atom stereocenters. The van der Waals surface area contributed by atoms with E-state index in [1.165, 1.54) is 18.5 Å². The topological polar surface area (TPSA) is 103 Å². The van der Waals surface area contributed by atoms with E-state index in [-0.39, 0.29) is 16.7 Å². The third kappa shape index (κ3) is 4.50. The maximum Gasteiger partial charge on any atom is 0.314 e. The number of nitrogens with zero attached hydrogens (tertiary/aromatic N) is 4. The number of aromatic nitrogens is 3. The van der Waals surface area contributed by atoms with Gasteiger partial charge >= 0.3 is 5.69 Å². The van der Waals surface area contributed by atoms with Crippen LogP contribution in [0.5, 0.6) is 5.75 Å². The molecule has 2 aromatic heterocycles. The molecule has 0 fully saturated rings. The van der Waals surface area contributed by atoms with Crippen LogP contribution >= 0.6 is 27.5 Å². The zero-order valence-electron chi connectivity index (χ0n) is 11.2. The van der Waals surface area contributed by atoms with Gasteiger partial charge in [0.2, 0.25) is 11.0 Å². The average molecular weight is 389 g/mol. The molecule has 2 aromatic rings. The Kier molecular flexibility index (Phi) is 5.84. The lowest BCUT2D eigenvalue weighted by Gasteiger charge is -2.08. The highest BCUT2D eigenvalue weighted by Gasteiger charge is 2.14. The fourth-order valence-electron chi connectivity index (χ4n) is 1.57. The van der Waals surface area contributed by atoms with Gasteiger partial charge in [0.05, 0.1) is 22.2 Å². The van der Waals surface area contributed by atoms with E-state index in [0.717, 1.165) is 0 Å². The van der Waals surface area contributed by atoms with Crippen LogP contribution in [-0.2, 0) is 0 Å². The minimum absolute atomic E-state index is 0.103. The predicted molar refractivity (Wildman–Crippen MR) is 84.2 cm³/mol. The first-order chi connectivity index (χ1) is 10.6. The van der Waals surface area contributed by atoms with Crippen LogP contribution in [0.3, 0.4) is 0 Å². The van der Waals surface area contributed by atoms with Crippen molar-refractivity contribution in [1.29, 1.82) is 0 Å². The van der Waals surface area contributed by atoms with Crippen molar-refractivity contribution < 1.29 is 9.66 Å². The van der Waals surface area contributed by atoms with E-state index in [2.05, 4.69) is 36.2 Å². The summed E-state index contributed by atoms with van der Waals surface area (Å²) in [6.45, 7) is 0.857. The van der Waals surface area contributed by atoms with Crippen molar-refractivity contribution in [1.82, 2.24) is 15.0 Å². The van der Waals surface area contributed by atoms with Gasteiger partial charge in [-0.25, -0.2) is 4.98 Å². The van der Waals surface area contributed by atoms with E-state index < -0.39 is 4.92 Å². The lowest BCUT2D eigenvalue weighted by atomic mass is 10.4. The highest BCUT2D eigenvalue weighted by atomic mass is 79.9. The average Bonchev–Trinajstić information content (AvgIpc) is 2.50. The first-order valence-electron chi connectivity index (χ1n) is 6.21. The van der Waals surface area contributed by atoms with Gasteiger partial charge in [-0.1, -0.05) is 0 Å². The summed E-state index contributed by atoms with van der Waals surface area (Å²) in [5.41, 5.74) is -0.103. The van der Waals surface area contributed by atoms with Gasteiger partial charge in [0.1, 0.15) is 5.82 Å². The minimum Gasteiger partial charge on any atom is -0.486 e. The summed E-state index contributed by atoms with van der Waals surface area (Å²) in [5.74, 6) is 0.728. The van der Waals surface area contributed by atoms with Gasteiger partial charge in [-0.3, -0.25) is 15.1 Å². The Morgan fingerprint density at radius 1 is 1.45 bits per heavy atom. The van der Waals surface area contributed by atoms with Crippen molar-refractivity contribution >= 4 is 39.0 Å². The summed E-state index contributed by atoms with van der Waals surface area (Å²) in [6, 6.07) is 1.30. The van der Waals surface area contributed by atoms with Crippen molar-refractivity contribution in [3.05, 3.63) is 44.5 Å². The number of ether oxygens (including phenoxy) is 1. The first-order valence-corrected chi connectivity index (χ1v) is 7.38. The Hall–Kier alpha value is -2.00.